The Kier molecular flexibility index (Phi) is 57.1. The molecule has 0 saturated carbocycles. The molecule has 17 nitrogen and oxygen atoms in total. The molecule has 0 spiro atoms. The number of aliphatic hydroxyl groups is 1. The third-order valence-corrected chi connectivity index (χ3v) is 17.5. The summed E-state index contributed by atoms with van der Waals surface area (Å²) < 4.78 is 68.0. The summed E-state index contributed by atoms with van der Waals surface area (Å²) in [5, 5.41) is 10.5. The van der Waals surface area contributed by atoms with Crippen LogP contribution in [0.1, 0.15) is 330 Å². The number of aliphatic hydroxyl groups excluding tert-OH is 1. The summed E-state index contributed by atoms with van der Waals surface area (Å²) in [4.78, 5) is 72.2. The highest BCUT2D eigenvalue weighted by atomic mass is 31.2. The molecule has 0 saturated heterocycles. The van der Waals surface area contributed by atoms with Gasteiger partial charge in [0.15, 0.2) is 12.2 Å². The van der Waals surface area contributed by atoms with Crippen molar-refractivity contribution in [3.05, 3.63) is 0 Å². The van der Waals surface area contributed by atoms with Crippen LogP contribution in [0.4, 0.5) is 0 Å². The van der Waals surface area contributed by atoms with Crippen molar-refractivity contribution in [2.24, 2.45) is 11.8 Å². The summed E-state index contributed by atoms with van der Waals surface area (Å²) >= 11 is 0. The van der Waals surface area contributed by atoms with Gasteiger partial charge >= 0.3 is 39.5 Å². The molecule has 3 unspecified atom stereocenters. The summed E-state index contributed by atoms with van der Waals surface area (Å²) in [5.74, 6) is -0.621. The molecule has 0 amide bonds. The molecule has 0 aromatic heterocycles. The Labute approximate surface area is 517 Å². The minimum atomic E-state index is -4.95. The molecule has 0 aliphatic rings. The third-order valence-electron chi connectivity index (χ3n) is 15.6. The molecule has 19 heteroatoms. The van der Waals surface area contributed by atoms with Crippen LogP contribution in [-0.2, 0) is 65.4 Å². The van der Waals surface area contributed by atoms with Gasteiger partial charge in [-0.1, -0.05) is 279 Å². The van der Waals surface area contributed by atoms with E-state index in [9.17, 15) is 43.2 Å². The smallest absolute Gasteiger partial charge is 0.462 e. The monoisotopic (exact) mass is 1250 g/mol. The molecular weight excluding hydrogens is 1130 g/mol. The first-order chi connectivity index (χ1) is 40.9. The lowest BCUT2D eigenvalue weighted by atomic mass is 9.99. The fraction of sp³-hybridized carbons (Fsp3) is 0.939. The molecule has 85 heavy (non-hydrogen) atoms. The average molecular weight is 1260 g/mol. The molecule has 0 fully saturated rings. The summed E-state index contributed by atoms with van der Waals surface area (Å²) in [6.45, 7) is 9.44. The van der Waals surface area contributed by atoms with Crippen LogP contribution < -0.4 is 0 Å². The van der Waals surface area contributed by atoms with Crippen LogP contribution in [0.25, 0.3) is 0 Å². The zero-order valence-corrected chi connectivity index (χ0v) is 56.7. The largest absolute Gasteiger partial charge is 0.472 e. The van der Waals surface area contributed by atoms with Crippen LogP contribution in [0.2, 0.25) is 0 Å². The van der Waals surface area contributed by atoms with Gasteiger partial charge in [-0.25, -0.2) is 9.13 Å². The Hall–Kier alpha value is -1.94. The van der Waals surface area contributed by atoms with E-state index in [0.29, 0.717) is 31.6 Å². The van der Waals surface area contributed by atoms with Crippen molar-refractivity contribution in [2.75, 3.05) is 39.6 Å². The second-order valence-electron chi connectivity index (χ2n) is 24.6. The standard InChI is InChI=1S/C66H128O17P2/c1-7-10-12-14-16-18-26-30-37-43-49-64(69)77-54-61(82-65(70)50-44-38-31-27-24-22-20-19-21-23-25-28-35-41-47-59(6)9-3)56-80-84(72,73)78-52-60(67)53-79-85(74,75)81-57-62(55-76-63(68)48-42-36-29-17-15-13-11-8-2)83-66(71)51-45-39-33-32-34-40-46-58(4)5/h58-62,67H,7-57H2,1-6H3,(H,72,73)(H,74,75)/t59?,60-,61-,62-/m1/s1. The lowest BCUT2D eigenvalue weighted by molar-refractivity contribution is -0.161. The molecule has 0 heterocycles. The molecule has 0 aromatic carbocycles. The highest BCUT2D eigenvalue weighted by molar-refractivity contribution is 7.47. The fourth-order valence-corrected chi connectivity index (χ4v) is 11.4. The number of hydrogen-bond donors (Lipinski definition) is 3. The van der Waals surface area contributed by atoms with Gasteiger partial charge in [0.05, 0.1) is 26.4 Å². The quantitative estimate of drug-likeness (QED) is 0.0222. The topological polar surface area (TPSA) is 237 Å². The summed E-state index contributed by atoms with van der Waals surface area (Å²) in [6.07, 6.45) is 41.8. The highest BCUT2D eigenvalue weighted by Gasteiger charge is 2.30. The third kappa shape index (κ3) is 59.5. The van der Waals surface area contributed by atoms with Gasteiger partial charge in [0.1, 0.15) is 19.3 Å². The maximum absolute atomic E-state index is 13.0. The van der Waals surface area contributed by atoms with Crippen LogP contribution in [-0.4, -0.2) is 96.7 Å². The molecule has 0 bridgehead atoms. The molecule has 0 aliphatic carbocycles. The van der Waals surface area contributed by atoms with Crippen LogP contribution in [0.3, 0.4) is 0 Å². The number of phosphoric acid groups is 2. The van der Waals surface area contributed by atoms with E-state index in [1.165, 1.54) is 141 Å². The molecule has 504 valence electrons. The van der Waals surface area contributed by atoms with Gasteiger partial charge in [0, 0.05) is 25.7 Å². The first kappa shape index (κ1) is 83.1. The van der Waals surface area contributed by atoms with Crippen molar-refractivity contribution >= 4 is 39.5 Å². The Morgan fingerprint density at radius 1 is 0.341 bits per heavy atom. The van der Waals surface area contributed by atoms with E-state index < -0.39 is 97.5 Å². The normalized spacial score (nSPS) is 14.6. The van der Waals surface area contributed by atoms with E-state index in [1.807, 2.05) is 0 Å². The van der Waals surface area contributed by atoms with E-state index >= 15 is 0 Å². The number of unbranched alkanes of at least 4 members (excludes halogenated alkanes) is 34. The minimum absolute atomic E-state index is 0.102. The van der Waals surface area contributed by atoms with E-state index in [0.717, 1.165) is 102 Å². The van der Waals surface area contributed by atoms with Crippen LogP contribution in [0.15, 0.2) is 0 Å². The van der Waals surface area contributed by atoms with Gasteiger partial charge in [0.25, 0.3) is 0 Å². The van der Waals surface area contributed by atoms with Gasteiger partial charge in [0.2, 0.25) is 0 Å². The zero-order valence-electron chi connectivity index (χ0n) is 54.9. The summed E-state index contributed by atoms with van der Waals surface area (Å²) in [6, 6.07) is 0. The SMILES string of the molecule is CCCCCCCCCCCCC(=O)OC[C@H](COP(=O)(O)OC[C@@H](O)COP(=O)(O)OC[C@@H](COC(=O)CCCCCCCCCC)OC(=O)CCCCCCCCC(C)C)OC(=O)CCCCCCCCCCCCCCCCC(C)CC. The average Bonchev–Trinajstić information content (AvgIpc) is 3.54. The van der Waals surface area contributed by atoms with Crippen molar-refractivity contribution in [1.82, 2.24) is 0 Å². The lowest BCUT2D eigenvalue weighted by Crippen LogP contribution is -2.30. The molecule has 0 radical (unpaired) electrons. The van der Waals surface area contributed by atoms with Gasteiger partial charge < -0.3 is 33.8 Å². The highest BCUT2D eigenvalue weighted by Crippen LogP contribution is 2.45. The van der Waals surface area contributed by atoms with Gasteiger partial charge in [-0.05, 0) is 37.5 Å². The van der Waals surface area contributed by atoms with E-state index in [2.05, 4.69) is 41.5 Å². The number of carbonyl (C=O) groups is 4. The predicted molar refractivity (Wildman–Crippen MR) is 340 cm³/mol. The van der Waals surface area contributed by atoms with Crippen LogP contribution >= 0.6 is 15.6 Å². The van der Waals surface area contributed by atoms with Crippen molar-refractivity contribution in [2.45, 2.75) is 349 Å². The molecule has 0 rings (SSSR count). The van der Waals surface area contributed by atoms with Crippen molar-refractivity contribution in [1.29, 1.82) is 0 Å². The fourth-order valence-electron chi connectivity index (χ4n) is 9.85. The van der Waals surface area contributed by atoms with Crippen molar-refractivity contribution in [3.63, 3.8) is 0 Å². The van der Waals surface area contributed by atoms with E-state index in [-0.39, 0.29) is 25.7 Å². The molecule has 3 N–H and O–H groups in total. The maximum atomic E-state index is 13.0. The Morgan fingerprint density at radius 2 is 0.600 bits per heavy atom. The Bertz CT molecular complexity index is 1670. The van der Waals surface area contributed by atoms with E-state index in [4.69, 9.17) is 37.0 Å². The lowest BCUT2D eigenvalue weighted by Gasteiger charge is -2.21. The zero-order chi connectivity index (χ0) is 62.9. The van der Waals surface area contributed by atoms with Crippen molar-refractivity contribution < 1.29 is 80.2 Å². The Balaban J connectivity index is 5.17. The Morgan fingerprint density at radius 3 is 0.894 bits per heavy atom. The second kappa shape index (κ2) is 58.4. The number of hydrogen-bond acceptors (Lipinski definition) is 15. The molecule has 6 atom stereocenters. The van der Waals surface area contributed by atoms with Gasteiger partial charge in [-0.3, -0.25) is 37.3 Å². The number of esters is 4. The predicted octanol–water partition coefficient (Wildman–Crippen LogP) is 18.4. The molecule has 0 aromatic rings. The summed E-state index contributed by atoms with van der Waals surface area (Å²) in [5.41, 5.74) is 0. The molecular formula is C66H128O17P2. The maximum Gasteiger partial charge on any atom is 0.472 e. The number of carbonyl (C=O) groups excluding carboxylic acids is 4. The second-order valence-corrected chi connectivity index (χ2v) is 27.5. The minimum Gasteiger partial charge on any atom is -0.462 e. The summed E-state index contributed by atoms with van der Waals surface area (Å²) in [7, 11) is -9.89. The first-order valence-corrected chi connectivity index (χ1v) is 37.5. The van der Waals surface area contributed by atoms with Crippen LogP contribution in [0.5, 0.6) is 0 Å². The van der Waals surface area contributed by atoms with Crippen molar-refractivity contribution in [3.8, 4) is 0 Å². The first-order valence-electron chi connectivity index (χ1n) is 34.5. The number of ether oxygens (including phenoxy) is 4. The number of phosphoric ester groups is 2. The van der Waals surface area contributed by atoms with E-state index in [1.54, 1.807) is 0 Å². The van der Waals surface area contributed by atoms with Gasteiger partial charge in [-0.15, -0.1) is 0 Å². The van der Waals surface area contributed by atoms with Crippen LogP contribution in [0, 0.1) is 11.8 Å². The number of rotatable bonds is 65. The van der Waals surface area contributed by atoms with Gasteiger partial charge in [-0.2, -0.15) is 0 Å². The molecule has 0 aliphatic heterocycles.